The third-order valence-electron chi connectivity index (χ3n) is 4.61. The van der Waals surface area contributed by atoms with Gasteiger partial charge in [-0.25, -0.2) is 0 Å². The number of aldehydes is 1. The molecular formula is C21H24O5. The van der Waals surface area contributed by atoms with Gasteiger partial charge >= 0.3 is 5.97 Å². The molecule has 0 amide bonds. The van der Waals surface area contributed by atoms with Crippen molar-refractivity contribution < 1.29 is 24.5 Å². The van der Waals surface area contributed by atoms with Crippen LogP contribution in [0.1, 0.15) is 36.0 Å². The van der Waals surface area contributed by atoms with E-state index in [-0.39, 0.29) is 18.6 Å². The number of hydrogen-bond acceptors (Lipinski definition) is 4. The second kappa shape index (κ2) is 8.52. The van der Waals surface area contributed by atoms with Gasteiger partial charge < -0.3 is 19.7 Å². The van der Waals surface area contributed by atoms with Gasteiger partial charge in [-0.15, -0.1) is 0 Å². The topological polar surface area (TPSA) is 83.8 Å². The van der Waals surface area contributed by atoms with Crippen LogP contribution in [-0.4, -0.2) is 29.1 Å². The van der Waals surface area contributed by atoms with Gasteiger partial charge in [0.05, 0.1) is 12.0 Å². The van der Waals surface area contributed by atoms with Crippen LogP contribution in [0.15, 0.2) is 42.5 Å². The molecule has 2 N–H and O–H groups in total. The van der Waals surface area contributed by atoms with Gasteiger partial charge in [-0.05, 0) is 61.6 Å². The molecule has 138 valence electrons. The maximum absolute atomic E-state index is 12.0. The quantitative estimate of drug-likeness (QED) is 0.528. The maximum atomic E-state index is 12.0. The van der Waals surface area contributed by atoms with Crippen LogP contribution in [0.4, 0.5) is 0 Å². The van der Waals surface area contributed by atoms with Gasteiger partial charge in [0.2, 0.25) is 0 Å². The van der Waals surface area contributed by atoms with Gasteiger partial charge in [0.1, 0.15) is 17.8 Å². The molecule has 1 unspecified atom stereocenters. The van der Waals surface area contributed by atoms with Crippen molar-refractivity contribution in [1.82, 2.24) is 0 Å². The first kappa shape index (κ1) is 19.5. The van der Waals surface area contributed by atoms with E-state index in [1.165, 1.54) is 12.1 Å². The number of benzene rings is 2. The number of ether oxygens (including phenoxy) is 1. The van der Waals surface area contributed by atoms with Gasteiger partial charge in [0.25, 0.3) is 0 Å². The predicted octanol–water partition coefficient (Wildman–Crippen LogP) is 3.78. The summed E-state index contributed by atoms with van der Waals surface area (Å²) in [5, 5.41) is 19.3. The van der Waals surface area contributed by atoms with Crippen LogP contribution in [0.2, 0.25) is 0 Å². The molecule has 0 aliphatic carbocycles. The van der Waals surface area contributed by atoms with Crippen LogP contribution in [0.3, 0.4) is 0 Å². The average molecular weight is 356 g/mol. The molecule has 2 aromatic rings. The van der Waals surface area contributed by atoms with Crippen LogP contribution in [0.5, 0.6) is 11.5 Å². The maximum Gasteiger partial charge on any atom is 0.314 e. The van der Waals surface area contributed by atoms with Crippen molar-refractivity contribution in [2.24, 2.45) is 0 Å². The number of aryl methyl sites for hydroxylation is 2. The lowest BCUT2D eigenvalue weighted by molar-refractivity contribution is -0.145. The van der Waals surface area contributed by atoms with Crippen molar-refractivity contribution in [2.75, 3.05) is 6.61 Å². The van der Waals surface area contributed by atoms with Crippen LogP contribution >= 0.6 is 0 Å². The van der Waals surface area contributed by atoms with Gasteiger partial charge in [0.15, 0.2) is 0 Å². The number of rotatable bonds is 9. The molecule has 0 aliphatic rings. The number of aromatic hydroxyl groups is 1. The fourth-order valence-electron chi connectivity index (χ4n) is 3.02. The molecule has 0 fully saturated rings. The molecule has 2 aromatic carbocycles. The summed E-state index contributed by atoms with van der Waals surface area (Å²) in [6.07, 6.45) is 1.24. The first-order valence-electron chi connectivity index (χ1n) is 8.55. The molecule has 5 heteroatoms. The summed E-state index contributed by atoms with van der Waals surface area (Å²) < 4.78 is 5.80. The van der Waals surface area contributed by atoms with E-state index in [1.54, 1.807) is 12.1 Å². The number of phenols is 1. The number of carboxylic acid groups (broad SMARTS) is 1. The highest BCUT2D eigenvalue weighted by molar-refractivity contribution is 5.84. The zero-order valence-corrected chi connectivity index (χ0v) is 15.1. The Morgan fingerprint density at radius 2 is 1.85 bits per heavy atom. The summed E-state index contributed by atoms with van der Waals surface area (Å²) >= 11 is 0. The Labute approximate surface area is 153 Å². The van der Waals surface area contributed by atoms with Crippen molar-refractivity contribution in [1.29, 1.82) is 0 Å². The third-order valence-corrected chi connectivity index (χ3v) is 4.61. The molecule has 0 aromatic heterocycles. The molecular weight excluding hydrogens is 332 g/mol. The van der Waals surface area contributed by atoms with Gasteiger partial charge in [0, 0.05) is 6.42 Å². The van der Waals surface area contributed by atoms with Crippen LogP contribution in [-0.2, 0) is 15.0 Å². The minimum atomic E-state index is -1.32. The minimum Gasteiger partial charge on any atom is -0.508 e. The summed E-state index contributed by atoms with van der Waals surface area (Å²) in [4.78, 5) is 23.2. The van der Waals surface area contributed by atoms with Gasteiger partial charge in [-0.3, -0.25) is 4.79 Å². The fourth-order valence-corrected chi connectivity index (χ4v) is 3.02. The number of carboxylic acids is 1. The highest BCUT2D eigenvalue weighted by Crippen LogP contribution is 2.34. The second-order valence-electron chi connectivity index (χ2n) is 6.53. The van der Waals surface area contributed by atoms with E-state index in [2.05, 4.69) is 0 Å². The van der Waals surface area contributed by atoms with E-state index >= 15 is 0 Å². The van der Waals surface area contributed by atoms with Gasteiger partial charge in [-0.2, -0.15) is 0 Å². The van der Waals surface area contributed by atoms with Crippen LogP contribution in [0.25, 0.3) is 0 Å². The lowest BCUT2D eigenvalue weighted by atomic mass is 9.74. The summed E-state index contributed by atoms with van der Waals surface area (Å²) in [5.74, 6) is -0.217. The van der Waals surface area contributed by atoms with E-state index in [9.17, 15) is 19.8 Å². The minimum absolute atomic E-state index is 0.0531. The molecule has 0 heterocycles. The fraction of sp³-hybridized carbons (Fsp3) is 0.333. The van der Waals surface area contributed by atoms with Gasteiger partial charge in [-0.1, -0.05) is 24.3 Å². The highest BCUT2D eigenvalue weighted by Gasteiger charge is 2.39. The smallest absolute Gasteiger partial charge is 0.314 e. The Balaban J connectivity index is 2.12. The summed E-state index contributed by atoms with van der Waals surface area (Å²) in [6.45, 7) is 4.30. The Morgan fingerprint density at radius 1 is 1.15 bits per heavy atom. The Kier molecular flexibility index (Phi) is 6.39. The van der Waals surface area contributed by atoms with Crippen molar-refractivity contribution in [3.8, 4) is 11.5 Å². The number of aliphatic carboxylic acids is 1. The first-order valence-corrected chi connectivity index (χ1v) is 8.55. The number of phenolic OH excluding ortho intramolecular Hbond substituents is 1. The molecule has 2 rings (SSSR count). The Morgan fingerprint density at radius 3 is 2.46 bits per heavy atom. The number of carbonyl (C=O) groups is 2. The molecule has 0 saturated heterocycles. The van der Waals surface area contributed by atoms with E-state index in [0.29, 0.717) is 24.9 Å². The molecule has 0 bridgehead atoms. The SMILES string of the molecule is Cc1ccc(C)c(OCCCC(CC=O)(C(=O)O)c2ccc(O)cc2)c1. The van der Waals surface area contributed by atoms with Crippen LogP contribution in [0, 0.1) is 13.8 Å². The summed E-state index contributed by atoms with van der Waals surface area (Å²) in [5.41, 5.74) is 1.30. The molecule has 1 atom stereocenters. The van der Waals surface area contributed by atoms with E-state index in [1.807, 2.05) is 32.0 Å². The average Bonchev–Trinajstić information content (AvgIpc) is 2.61. The first-order chi connectivity index (χ1) is 12.4. The Bertz CT molecular complexity index is 766. The van der Waals surface area contributed by atoms with E-state index in [4.69, 9.17) is 4.74 Å². The molecule has 0 saturated carbocycles. The molecule has 5 nitrogen and oxygen atoms in total. The molecule has 0 spiro atoms. The Hall–Kier alpha value is -2.82. The summed E-state index contributed by atoms with van der Waals surface area (Å²) in [7, 11) is 0. The highest BCUT2D eigenvalue weighted by atomic mass is 16.5. The van der Waals surface area contributed by atoms with Crippen LogP contribution < -0.4 is 4.74 Å². The predicted molar refractivity (Wildman–Crippen MR) is 98.7 cm³/mol. The zero-order chi connectivity index (χ0) is 19.2. The normalized spacial score (nSPS) is 13.0. The van der Waals surface area contributed by atoms with Crippen molar-refractivity contribution in [2.45, 2.75) is 38.5 Å². The van der Waals surface area contributed by atoms with Crippen molar-refractivity contribution in [3.05, 3.63) is 59.2 Å². The number of hydrogen-bond donors (Lipinski definition) is 2. The molecule has 26 heavy (non-hydrogen) atoms. The third kappa shape index (κ3) is 4.42. The zero-order valence-electron chi connectivity index (χ0n) is 15.1. The summed E-state index contributed by atoms with van der Waals surface area (Å²) in [6, 6.07) is 11.9. The van der Waals surface area contributed by atoms with E-state index in [0.717, 1.165) is 16.9 Å². The van der Waals surface area contributed by atoms with E-state index < -0.39 is 11.4 Å². The molecule has 0 aliphatic heterocycles. The largest absolute Gasteiger partial charge is 0.508 e. The lowest BCUT2D eigenvalue weighted by Crippen LogP contribution is -2.36. The monoisotopic (exact) mass is 356 g/mol. The lowest BCUT2D eigenvalue weighted by Gasteiger charge is -2.28. The number of carbonyl (C=O) groups excluding carboxylic acids is 1. The standard InChI is InChI=1S/C21H24O5/c1-15-4-5-16(2)19(14-15)26-13-3-10-21(11-12-22,20(24)25)17-6-8-18(23)9-7-17/h4-9,12,14,23H,3,10-11,13H2,1-2H3,(H,24,25). The van der Waals surface area contributed by atoms with Crippen molar-refractivity contribution in [3.63, 3.8) is 0 Å². The molecule has 0 radical (unpaired) electrons. The van der Waals surface area contributed by atoms with Crippen molar-refractivity contribution >= 4 is 12.3 Å². The second-order valence-corrected chi connectivity index (χ2v) is 6.53.